The summed E-state index contributed by atoms with van der Waals surface area (Å²) in [7, 11) is 0. The van der Waals surface area contributed by atoms with Crippen molar-refractivity contribution in [3.05, 3.63) is 12.2 Å². The number of allylic oxidation sites excluding steroid dienone is 1. The van der Waals surface area contributed by atoms with E-state index in [1.165, 1.54) is 0 Å². The van der Waals surface area contributed by atoms with Crippen LogP contribution < -0.4 is 5.32 Å². The summed E-state index contributed by atoms with van der Waals surface area (Å²) in [5.74, 6) is 0.395. The van der Waals surface area contributed by atoms with E-state index in [1.807, 2.05) is 26.0 Å². The highest BCUT2D eigenvalue weighted by atomic mass is 16.2. The third-order valence-electron chi connectivity index (χ3n) is 3.66. The summed E-state index contributed by atoms with van der Waals surface area (Å²) in [6.07, 6.45) is 6.90. The Kier molecular flexibility index (Phi) is 3.22. The number of nitrogens with zero attached hydrogens (tertiary/aromatic N) is 1. The Hall–Kier alpha value is -1.32. The van der Waals surface area contributed by atoms with Crippen LogP contribution in [0.5, 0.6) is 0 Å². The normalized spacial score (nSPS) is 29.9. The second-order valence-corrected chi connectivity index (χ2v) is 5.11. The number of nitrogens with one attached hydrogen (secondary N) is 1. The van der Waals surface area contributed by atoms with Gasteiger partial charge in [0.2, 0.25) is 11.8 Å². The Bertz CT molecular complexity index is 360. The summed E-state index contributed by atoms with van der Waals surface area (Å²) in [5, 5.41) is 2.88. The number of hydrogen-bond acceptors (Lipinski definition) is 2. The lowest BCUT2D eigenvalue weighted by molar-refractivity contribution is -0.150. The van der Waals surface area contributed by atoms with E-state index in [0.29, 0.717) is 12.5 Å². The monoisotopic (exact) mass is 236 g/mol. The molecule has 1 saturated carbocycles. The first-order valence-electron chi connectivity index (χ1n) is 6.29. The van der Waals surface area contributed by atoms with Gasteiger partial charge in [0.15, 0.2) is 0 Å². The van der Waals surface area contributed by atoms with Crippen molar-refractivity contribution in [2.24, 2.45) is 5.92 Å². The van der Waals surface area contributed by atoms with Crippen molar-refractivity contribution >= 4 is 11.8 Å². The zero-order valence-corrected chi connectivity index (χ0v) is 10.5. The molecule has 1 aliphatic heterocycles. The molecule has 0 aromatic rings. The second-order valence-electron chi connectivity index (χ2n) is 5.11. The highest BCUT2D eigenvalue weighted by molar-refractivity contribution is 5.98. The zero-order chi connectivity index (χ0) is 12.5. The molecule has 2 rings (SSSR count). The third kappa shape index (κ3) is 2.35. The van der Waals surface area contributed by atoms with Gasteiger partial charge in [0, 0.05) is 6.54 Å². The lowest BCUT2D eigenvalue weighted by Crippen LogP contribution is -2.66. The van der Waals surface area contributed by atoms with Crippen molar-refractivity contribution in [1.29, 1.82) is 0 Å². The number of piperazine rings is 1. The molecular weight excluding hydrogens is 216 g/mol. The molecule has 0 bridgehead atoms. The fraction of sp³-hybridized carbons (Fsp3) is 0.692. The summed E-state index contributed by atoms with van der Waals surface area (Å²) >= 11 is 0. The predicted octanol–water partition coefficient (Wildman–Crippen LogP) is 1.08. The molecule has 0 spiro atoms. The molecule has 4 heteroatoms. The van der Waals surface area contributed by atoms with Crippen molar-refractivity contribution in [3.63, 3.8) is 0 Å². The van der Waals surface area contributed by atoms with Gasteiger partial charge in [-0.1, -0.05) is 12.2 Å². The lowest BCUT2D eigenvalue weighted by Gasteiger charge is -2.40. The van der Waals surface area contributed by atoms with E-state index in [9.17, 15) is 9.59 Å². The molecule has 2 aliphatic rings. The molecule has 2 fully saturated rings. The van der Waals surface area contributed by atoms with Gasteiger partial charge in [-0.25, -0.2) is 0 Å². The van der Waals surface area contributed by atoms with Crippen LogP contribution in [0.2, 0.25) is 0 Å². The molecule has 1 saturated heterocycles. The van der Waals surface area contributed by atoms with E-state index in [1.54, 1.807) is 4.90 Å². The maximum Gasteiger partial charge on any atom is 0.248 e. The molecule has 1 atom stereocenters. The van der Waals surface area contributed by atoms with Crippen molar-refractivity contribution in [1.82, 2.24) is 10.2 Å². The first-order chi connectivity index (χ1) is 8.08. The molecule has 0 aromatic carbocycles. The summed E-state index contributed by atoms with van der Waals surface area (Å²) in [5.41, 5.74) is -0.648. The Labute approximate surface area is 102 Å². The van der Waals surface area contributed by atoms with Crippen LogP contribution in [-0.2, 0) is 9.59 Å². The Balaban J connectivity index is 2.06. The molecule has 0 aromatic heterocycles. The van der Waals surface area contributed by atoms with Crippen molar-refractivity contribution in [3.8, 4) is 0 Å². The van der Waals surface area contributed by atoms with Crippen LogP contribution in [0.4, 0.5) is 0 Å². The average molecular weight is 236 g/mol. The molecule has 1 unspecified atom stereocenters. The van der Waals surface area contributed by atoms with Crippen LogP contribution in [0.3, 0.4) is 0 Å². The predicted molar refractivity (Wildman–Crippen MR) is 65.3 cm³/mol. The zero-order valence-electron chi connectivity index (χ0n) is 10.5. The van der Waals surface area contributed by atoms with Crippen LogP contribution in [0, 0.1) is 5.92 Å². The van der Waals surface area contributed by atoms with Gasteiger partial charge in [-0.2, -0.15) is 0 Å². The molecule has 4 nitrogen and oxygen atoms in total. The maximum absolute atomic E-state index is 12.4. The van der Waals surface area contributed by atoms with Gasteiger partial charge in [0.05, 0.1) is 6.54 Å². The molecule has 17 heavy (non-hydrogen) atoms. The van der Waals surface area contributed by atoms with Crippen LogP contribution in [0.15, 0.2) is 12.2 Å². The van der Waals surface area contributed by atoms with Gasteiger partial charge < -0.3 is 10.2 Å². The van der Waals surface area contributed by atoms with Crippen LogP contribution >= 0.6 is 0 Å². The average Bonchev–Trinajstić information content (AvgIpc) is 3.09. The van der Waals surface area contributed by atoms with E-state index >= 15 is 0 Å². The van der Waals surface area contributed by atoms with E-state index < -0.39 is 5.54 Å². The summed E-state index contributed by atoms with van der Waals surface area (Å²) in [4.78, 5) is 25.7. The highest BCUT2D eigenvalue weighted by Gasteiger charge is 2.52. The van der Waals surface area contributed by atoms with Gasteiger partial charge in [0.1, 0.15) is 5.54 Å². The molecule has 1 aliphatic carbocycles. The molecule has 0 radical (unpaired) electrons. The van der Waals surface area contributed by atoms with Crippen LogP contribution in [-0.4, -0.2) is 35.3 Å². The number of carbonyl (C=O) groups excluding carboxylic acids is 2. The van der Waals surface area contributed by atoms with E-state index in [2.05, 4.69) is 5.32 Å². The van der Waals surface area contributed by atoms with Gasteiger partial charge in [0.25, 0.3) is 0 Å². The largest absolute Gasteiger partial charge is 0.340 e. The fourth-order valence-corrected chi connectivity index (χ4v) is 2.47. The van der Waals surface area contributed by atoms with E-state index in [0.717, 1.165) is 19.3 Å². The van der Waals surface area contributed by atoms with Gasteiger partial charge in [-0.3, -0.25) is 9.59 Å². The van der Waals surface area contributed by atoms with Crippen LogP contribution in [0.25, 0.3) is 0 Å². The third-order valence-corrected chi connectivity index (χ3v) is 3.66. The minimum absolute atomic E-state index is 0.0283. The van der Waals surface area contributed by atoms with Crippen molar-refractivity contribution in [2.45, 2.75) is 38.6 Å². The molecule has 2 amide bonds. The topological polar surface area (TPSA) is 49.4 Å². The number of hydrogen-bond donors (Lipinski definition) is 1. The van der Waals surface area contributed by atoms with E-state index in [-0.39, 0.29) is 18.4 Å². The van der Waals surface area contributed by atoms with E-state index in [4.69, 9.17) is 0 Å². The molecule has 1 N–H and O–H groups in total. The van der Waals surface area contributed by atoms with Gasteiger partial charge >= 0.3 is 0 Å². The first kappa shape index (κ1) is 12.1. The minimum Gasteiger partial charge on any atom is -0.340 e. The Morgan fingerprint density at radius 3 is 2.76 bits per heavy atom. The quantitative estimate of drug-likeness (QED) is 0.743. The standard InChI is InChI=1S/C13H20N2O2/c1-3-4-5-8-15-9-11(16)14-13(2,12(15)17)10-6-7-10/h3-4,10H,5-9H2,1-2H3,(H,14,16)/b4-3+. The summed E-state index contributed by atoms with van der Waals surface area (Å²) in [6, 6.07) is 0. The number of amides is 2. The van der Waals surface area contributed by atoms with Crippen LogP contribution in [0.1, 0.15) is 33.1 Å². The number of rotatable bonds is 4. The fourth-order valence-electron chi connectivity index (χ4n) is 2.47. The molecule has 94 valence electrons. The van der Waals surface area contributed by atoms with Gasteiger partial charge in [-0.05, 0) is 39.0 Å². The summed E-state index contributed by atoms with van der Waals surface area (Å²) in [6.45, 7) is 4.67. The molecular formula is C13H20N2O2. The lowest BCUT2D eigenvalue weighted by atomic mass is 9.91. The Morgan fingerprint density at radius 1 is 1.47 bits per heavy atom. The Morgan fingerprint density at radius 2 is 2.18 bits per heavy atom. The second kappa shape index (κ2) is 4.51. The summed E-state index contributed by atoms with van der Waals surface area (Å²) < 4.78 is 0. The SMILES string of the molecule is C/C=C/CCN1CC(=O)NC(C)(C2CC2)C1=O. The first-order valence-corrected chi connectivity index (χ1v) is 6.29. The van der Waals surface area contributed by atoms with Gasteiger partial charge in [-0.15, -0.1) is 0 Å². The molecule has 1 heterocycles. The maximum atomic E-state index is 12.4. The van der Waals surface area contributed by atoms with Crippen molar-refractivity contribution in [2.75, 3.05) is 13.1 Å². The number of carbonyl (C=O) groups is 2. The minimum atomic E-state index is -0.648. The highest BCUT2D eigenvalue weighted by Crippen LogP contribution is 2.41. The smallest absolute Gasteiger partial charge is 0.248 e. The van der Waals surface area contributed by atoms with Crippen molar-refractivity contribution < 1.29 is 9.59 Å².